The number of rotatable bonds is 3. The zero-order valence-electron chi connectivity index (χ0n) is 13.6. The number of ether oxygens (including phenoxy) is 1. The van der Waals surface area contributed by atoms with Crippen LogP contribution in [-0.4, -0.2) is 22.6 Å². The van der Waals surface area contributed by atoms with Gasteiger partial charge in [-0.3, -0.25) is 4.90 Å². The van der Waals surface area contributed by atoms with Crippen LogP contribution in [0, 0.1) is 11.3 Å². The van der Waals surface area contributed by atoms with Gasteiger partial charge in [0.05, 0.1) is 23.9 Å². The molecule has 1 atom stereocenters. The fourth-order valence-corrected chi connectivity index (χ4v) is 3.96. The number of carbonyl (C=O) groups excluding carboxylic acids is 1. The molecule has 3 rings (SSSR count). The third-order valence-electron chi connectivity index (χ3n) is 3.87. The van der Waals surface area contributed by atoms with Crippen molar-refractivity contribution in [3.63, 3.8) is 0 Å². The number of allylic oxidation sites excluding steroid dienone is 2. The first kappa shape index (κ1) is 17.4. The molecule has 0 aliphatic carbocycles. The number of nitriles is 1. The van der Waals surface area contributed by atoms with Crippen molar-refractivity contribution in [2.45, 2.75) is 19.9 Å². The van der Waals surface area contributed by atoms with Crippen molar-refractivity contribution in [2.24, 2.45) is 10.7 Å². The number of hydrogen-bond acceptors (Lipinski definition) is 7. The van der Waals surface area contributed by atoms with E-state index in [1.54, 1.807) is 24.8 Å². The molecule has 2 aliphatic heterocycles. The molecule has 1 aromatic carbocycles. The highest BCUT2D eigenvalue weighted by Gasteiger charge is 2.43. The first-order chi connectivity index (χ1) is 12.0. The Morgan fingerprint density at radius 1 is 1.52 bits per heavy atom. The normalized spacial score (nSPS) is 19.5. The number of amidine groups is 1. The van der Waals surface area contributed by atoms with Gasteiger partial charge in [-0.25, -0.2) is 9.79 Å². The summed E-state index contributed by atoms with van der Waals surface area (Å²) in [7, 11) is 0. The van der Waals surface area contributed by atoms with Gasteiger partial charge in [0.25, 0.3) is 0 Å². The zero-order chi connectivity index (χ0) is 18.1. The van der Waals surface area contributed by atoms with E-state index in [0.29, 0.717) is 31.9 Å². The predicted molar refractivity (Wildman–Crippen MR) is 97.2 cm³/mol. The largest absolute Gasteiger partial charge is 0.463 e. The molecule has 0 aromatic heterocycles. The predicted octanol–water partition coefficient (Wildman–Crippen LogP) is 3.29. The van der Waals surface area contributed by atoms with Gasteiger partial charge in [-0.1, -0.05) is 29.8 Å². The fourth-order valence-electron chi connectivity index (χ4n) is 2.80. The van der Waals surface area contributed by atoms with Crippen LogP contribution in [-0.2, 0) is 9.53 Å². The lowest BCUT2D eigenvalue weighted by atomic mass is 9.94. The fraction of sp³-hybridized carbons (Fsp3) is 0.235. The Kier molecular flexibility index (Phi) is 4.75. The van der Waals surface area contributed by atoms with Gasteiger partial charge >= 0.3 is 5.97 Å². The van der Waals surface area contributed by atoms with Crippen molar-refractivity contribution in [1.29, 1.82) is 5.26 Å². The second kappa shape index (κ2) is 6.82. The molecule has 2 N–H and O–H groups in total. The van der Waals surface area contributed by atoms with Gasteiger partial charge in [0, 0.05) is 5.02 Å². The summed E-state index contributed by atoms with van der Waals surface area (Å²) in [6.45, 7) is 3.72. The quantitative estimate of drug-likeness (QED) is 0.816. The van der Waals surface area contributed by atoms with E-state index in [4.69, 9.17) is 22.1 Å². The van der Waals surface area contributed by atoms with E-state index in [2.05, 4.69) is 11.1 Å². The van der Waals surface area contributed by atoms with Crippen molar-refractivity contribution in [1.82, 2.24) is 4.90 Å². The molecule has 2 aliphatic rings. The summed E-state index contributed by atoms with van der Waals surface area (Å²) in [4.78, 5) is 19.1. The Labute approximate surface area is 154 Å². The maximum absolute atomic E-state index is 12.6. The second-order valence-corrected chi connectivity index (χ2v) is 6.72. The summed E-state index contributed by atoms with van der Waals surface area (Å²) in [5, 5.41) is 10.3. The number of fused-ring (bicyclic) bond motifs is 1. The van der Waals surface area contributed by atoms with E-state index in [-0.39, 0.29) is 12.4 Å². The molecule has 0 fully saturated rings. The minimum Gasteiger partial charge on any atom is -0.463 e. The number of thioether (sulfide) groups is 1. The summed E-state index contributed by atoms with van der Waals surface area (Å²) in [5.74, 6) is -0.221. The number of benzene rings is 1. The summed E-state index contributed by atoms with van der Waals surface area (Å²) in [6, 6.07) is 8.68. The Morgan fingerprint density at radius 3 is 2.88 bits per heavy atom. The smallest absolute Gasteiger partial charge is 0.338 e. The number of esters is 1. The van der Waals surface area contributed by atoms with E-state index >= 15 is 0 Å². The average Bonchev–Trinajstić information content (AvgIpc) is 2.90. The van der Waals surface area contributed by atoms with Gasteiger partial charge in [-0.2, -0.15) is 5.26 Å². The molecule has 128 valence electrons. The lowest BCUT2D eigenvalue weighted by Gasteiger charge is -2.35. The van der Waals surface area contributed by atoms with Crippen molar-refractivity contribution >= 4 is 34.5 Å². The number of nitrogens with two attached hydrogens (primary N) is 1. The van der Waals surface area contributed by atoms with Crippen molar-refractivity contribution in [3.05, 3.63) is 56.8 Å². The Morgan fingerprint density at radius 2 is 2.24 bits per heavy atom. The van der Waals surface area contributed by atoms with Gasteiger partial charge in [0.1, 0.15) is 16.8 Å². The molecule has 8 heteroatoms. The van der Waals surface area contributed by atoms with Crippen LogP contribution in [0.2, 0.25) is 5.02 Å². The lowest BCUT2D eigenvalue weighted by Crippen LogP contribution is -2.38. The van der Waals surface area contributed by atoms with Crippen LogP contribution in [0.15, 0.2) is 51.3 Å². The molecule has 0 bridgehead atoms. The standard InChI is InChI=1S/C17H15ClN4O2S/c1-3-24-16(23)13-9(2)21-17-22(15(20)12(8-19)25-17)14(13)10-6-4-5-7-11(10)18/h4-7,14H,3,20H2,1-2H3/t14-/m1/s1. The highest BCUT2D eigenvalue weighted by molar-refractivity contribution is 8.17. The minimum atomic E-state index is -0.599. The summed E-state index contributed by atoms with van der Waals surface area (Å²) >= 11 is 7.57. The number of aliphatic imine (C=N–C) groups is 1. The molecular formula is C17H15ClN4O2S. The van der Waals surface area contributed by atoms with Crippen molar-refractivity contribution in [2.75, 3.05) is 6.61 Å². The molecule has 6 nitrogen and oxygen atoms in total. The molecule has 25 heavy (non-hydrogen) atoms. The third kappa shape index (κ3) is 2.88. The molecule has 0 saturated heterocycles. The van der Waals surface area contributed by atoms with Crippen LogP contribution in [0.25, 0.3) is 0 Å². The highest BCUT2D eigenvalue weighted by atomic mass is 35.5. The molecule has 0 radical (unpaired) electrons. The van der Waals surface area contributed by atoms with Crippen molar-refractivity contribution < 1.29 is 9.53 Å². The Bertz CT molecular complexity index is 885. The zero-order valence-corrected chi connectivity index (χ0v) is 15.2. The van der Waals surface area contributed by atoms with Gasteiger partial charge in [-0.15, -0.1) is 0 Å². The van der Waals surface area contributed by atoms with Crippen LogP contribution in [0.5, 0.6) is 0 Å². The molecule has 0 saturated carbocycles. The maximum atomic E-state index is 12.6. The van der Waals surface area contributed by atoms with Crippen LogP contribution >= 0.6 is 23.4 Å². The summed E-state index contributed by atoms with van der Waals surface area (Å²) in [6.07, 6.45) is 0. The second-order valence-electron chi connectivity index (χ2n) is 5.34. The third-order valence-corrected chi connectivity index (χ3v) is 5.19. The summed E-state index contributed by atoms with van der Waals surface area (Å²) in [5.41, 5.74) is 7.75. The van der Waals surface area contributed by atoms with Crippen LogP contribution < -0.4 is 5.73 Å². The van der Waals surface area contributed by atoms with E-state index in [0.717, 1.165) is 0 Å². The molecule has 1 aromatic rings. The molecule has 0 unspecified atom stereocenters. The summed E-state index contributed by atoms with van der Waals surface area (Å²) < 4.78 is 5.22. The van der Waals surface area contributed by atoms with E-state index in [1.807, 2.05) is 18.2 Å². The minimum absolute atomic E-state index is 0.241. The average molecular weight is 375 g/mol. The van der Waals surface area contributed by atoms with E-state index in [9.17, 15) is 10.1 Å². The monoisotopic (exact) mass is 374 g/mol. The SMILES string of the molecule is CCOC(=O)C1=C(C)N=C2SC(C#N)=C(N)N2[C@@H]1c1ccccc1Cl. The Balaban J connectivity index is 2.22. The number of nitrogens with zero attached hydrogens (tertiary/aromatic N) is 3. The van der Waals surface area contributed by atoms with E-state index < -0.39 is 12.0 Å². The molecule has 0 amide bonds. The number of hydrogen-bond donors (Lipinski definition) is 1. The van der Waals surface area contributed by atoms with Crippen LogP contribution in [0.1, 0.15) is 25.5 Å². The first-order valence-electron chi connectivity index (χ1n) is 7.57. The maximum Gasteiger partial charge on any atom is 0.338 e. The molecule has 0 spiro atoms. The molecular weight excluding hydrogens is 360 g/mol. The first-order valence-corrected chi connectivity index (χ1v) is 8.77. The van der Waals surface area contributed by atoms with Gasteiger partial charge in [-0.05, 0) is 37.2 Å². The van der Waals surface area contributed by atoms with Gasteiger partial charge in [0.2, 0.25) is 0 Å². The van der Waals surface area contributed by atoms with Gasteiger partial charge < -0.3 is 10.5 Å². The van der Waals surface area contributed by atoms with Crippen LogP contribution in [0.4, 0.5) is 0 Å². The topological polar surface area (TPSA) is 91.7 Å². The molecule has 2 heterocycles. The Hall–Kier alpha value is -2.43. The lowest BCUT2D eigenvalue weighted by molar-refractivity contribution is -0.139. The highest BCUT2D eigenvalue weighted by Crippen LogP contribution is 2.46. The number of carbonyl (C=O) groups is 1. The van der Waals surface area contributed by atoms with Gasteiger partial charge in [0.15, 0.2) is 5.17 Å². The number of halogens is 1. The van der Waals surface area contributed by atoms with Crippen LogP contribution in [0.3, 0.4) is 0 Å². The van der Waals surface area contributed by atoms with E-state index in [1.165, 1.54) is 11.8 Å². The van der Waals surface area contributed by atoms with Crippen molar-refractivity contribution in [3.8, 4) is 6.07 Å².